The predicted octanol–water partition coefficient (Wildman–Crippen LogP) is 4.10. The lowest BCUT2D eigenvalue weighted by atomic mass is 9.77. The molecular weight excluding hydrogens is 357 g/mol. The molecule has 1 aliphatic heterocycles. The van der Waals surface area contributed by atoms with Crippen molar-refractivity contribution in [3.63, 3.8) is 0 Å². The number of nitrogens with zero attached hydrogens (tertiary/aromatic N) is 1. The monoisotopic (exact) mass is 371 g/mol. The third kappa shape index (κ3) is 2.42. The average Bonchev–Trinajstić information content (AvgIpc) is 3.19. The van der Waals surface area contributed by atoms with Crippen LogP contribution in [0.2, 0.25) is 0 Å². The molecule has 6 heteroatoms. The van der Waals surface area contributed by atoms with Crippen molar-refractivity contribution in [2.24, 2.45) is 0 Å². The van der Waals surface area contributed by atoms with Crippen LogP contribution in [-0.2, 0) is 0 Å². The zero-order chi connectivity index (χ0) is 19.3. The summed E-state index contributed by atoms with van der Waals surface area (Å²) < 4.78 is 13.2. The molecule has 28 heavy (non-hydrogen) atoms. The molecule has 0 saturated carbocycles. The number of Topliss-reactive ketones (excluding diaryl/α,β-unsaturated/α-hetero) is 2. The third-order valence-corrected chi connectivity index (χ3v) is 5.07. The molecule has 0 spiro atoms. The van der Waals surface area contributed by atoms with E-state index in [0.717, 1.165) is 11.1 Å². The van der Waals surface area contributed by atoms with Gasteiger partial charge in [-0.15, -0.1) is 0 Å². The molecule has 2 N–H and O–H groups in total. The molecule has 1 unspecified atom stereocenters. The zero-order valence-electron chi connectivity index (χ0n) is 14.6. The van der Waals surface area contributed by atoms with E-state index >= 15 is 0 Å². The smallest absolute Gasteiger partial charge is 0.210 e. The molecule has 136 valence electrons. The summed E-state index contributed by atoms with van der Waals surface area (Å²) in [5, 5.41) is 9.94. The SMILES string of the molecule is O=C1C2=C(C(=O)c3ccccc31)C(/C=C/c1ccc(F)cc1)c1cn[nH]c1N2. The van der Waals surface area contributed by atoms with Gasteiger partial charge in [-0.1, -0.05) is 48.6 Å². The Hall–Kier alpha value is -3.80. The van der Waals surface area contributed by atoms with Crippen molar-refractivity contribution >= 4 is 23.5 Å². The van der Waals surface area contributed by atoms with Gasteiger partial charge in [0.2, 0.25) is 5.78 Å². The molecule has 5 rings (SSSR count). The summed E-state index contributed by atoms with van der Waals surface area (Å²) in [5.74, 6) is -0.567. The van der Waals surface area contributed by atoms with Crippen molar-refractivity contribution in [1.29, 1.82) is 0 Å². The van der Waals surface area contributed by atoms with Crippen LogP contribution in [0.4, 0.5) is 10.2 Å². The summed E-state index contributed by atoms with van der Waals surface area (Å²) >= 11 is 0. The van der Waals surface area contributed by atoms with Gasteiger partial charge in [0.05, 0.1) is 11.9 Å². The van der Waals surface area contributed by atoms with E-state index in [4.69, 9.17) is 0 Å². The summed E-state index contributed by atoms with van der Waals surface area (Å²) in [6, 6.07) is 12.9. The minimum atomic E-state index is -0.445. The number of hydrogen-bond donors (Lipinski definition) is 2. The van der Waals surface area contributed by atoms with Crippen LogP contribution in [0.15, 0.2) is 72.1 Å². The van der Waals surface area contributed by atoms with Gasteiger partial charge in [-0.25, -0.2) is 4.39 Å². The Bertz CT molecular complexity index is 1190. The van der Waals surface area contributed by atoms with Gasteiger partial charge in [-0.05, 0) is 17.7 Å². The first-order chi connectivity index (χ1) is 13.6. The molecule has 2 heterocycles. The summed E-state index contributed by atoms with van der Waals surface area (Å²) in [7, 11) is 0. The van der Waals surface area contributed by atoms with Crippen LogP contribution in [0.5, 0.6) is 0 Å². The fraction of sp³-hybridized carbons (Fsp3) is 0.0455. The highest BCUT2D eigenvalue weighted by Gasteiger charge is 2.40. The Balaban J connectivity index is 1.64. The van der Waals surface area contributed by atoms with Gasteiger partial charge in [-0.3, -0.25) is 14.7 Å². The molecule has 0 radical (unpaired) electrons. The second kappa shape index (κ2) is 6.13. The fourth-order valence-corrected chi connectivity index (χ4v) is 3.71. The van der Waals surface area contributed by atoms with Gasteiger partial charge in [0.25, 0.3) is 0 Å². The van der Waals surface area contributed by atoms with Crippen molar-refractivity contribution in [1.82, 2.24) is 10.2 Å². The van der Waals surface area contributed by atoms with Crippen molar-refractivity contribution < 1.29 is 14.0 Å². The minimum absolute atomic E-state index is 0.182. The zero-order valence-corrected chi connectivity index (χ0v) is 14.6. The minimum Gasteiger partial charge on any atom is -0.337 e. The van der Waals surface area contributed by atoms with Crippen molar-refractivity contribution in [3.05, 3.63) is 100 Å². The van der Waals surface area contributed by atoms with Gasteiger partial charge in [-0.2, -0.15) is 5.10 Å². The molecule has 0 amide bonds. The Kier molecular flexibility index (Phi) is 3.58. The first-order valence-electron chi connectivity index (χ1n) is 8.80. The maximum atomic E-state index is 13.2. The second-order valence-electron chi connectivity index (χ2n) is 6.71. The first-order valence-corrected chi connectivity index (χ1v) is 8.80. The lowest BCUT2D eigenvalue weighted by Crippen LogP contribution is -2.31. The summed E-state index contributed by atoms with van der Waals surface area (Å²) in [4.78, 5) is 26.2. The van der Waals surface area contributed by atoms with Crippen molar-refractivity contribution in [3.8, 4) is 0 Å². The molecule has 0 saturated heterocycles. The highest BCUT2D eigenvalue weighted by atomic mass is 19.1. The molecule has 2 aromatic carbocycles. The second-order valence-corrected chi connectivity index (χ2v) is 6.71. The number of ketones is 2. The van der Waals surface area contributed by atoms with E-state index in [9.17, 15) is 14.0 Å². The van der Waals surface area contributed by atoms with Crippen LogP contribution < -0.4 is 5.32 Å². The quantitative estimate of drug-likeness (QED) is 0.711. The van der Waals surface area contributed by atoms with Gasteiger partial charge < -0.3 is 5.32 Å². The number of aromatic amines is 1. The van der Waals surface area contributed by atoms with E-state index in [1.807, 2.05) is 12.2 Å². The molecule has 5 nitrogen and oxygen atoms in total. The van der Waals surface area contributed by atoms with Gasteiger partial charge in [0.15, 0.2) is 5.78 Å². The molecular formula is C22H14FN3O2. The fourth-order valence-electron chi connectivity index (χ4n) is 3.71. The molecule has 1 atom stereocenters. The van der Waals surface area contributed by atoms with Crippen molar-refractivity contribution in [2.75, 3.05) is 5.32 Å². The number of halogens is 1. The summed E-state index contributed by atoms with van der Waals surface area (Å²) in [6.07, 6.45) is 5.30. The van der Waals surface area contributed by atoms with Crippen molar-refractivity contribution in [2.45, 2.75) is 5.92 Å². The molecule has 3 aromatic rings. The summed E-state index contributed by atoms with van der Waals surface area (Å²) in [5.41, 5.74) is 3.04. The van der Waals surface area contributed by atoms with Crippen LogP contribution in [0.25, 0.3) is 6.08 Å². The Morgan fingerprint density at radius 3 is 2.43 bits per heavy atom. The van der Waals surface area contributed by atoms with Crippen LogP contribution >= 0.6 is 0 Å². The van der Waals surface area contributed by atoms with Crippen LogP contribution in [-0.4, -0.2) is 21.8 Å². The number of carbonyl (C=O) groups excluding carboxylic acids is 2. The van der Waals surface area contributed by atoms with Crippen LogP contribution in [0, 0.1) is 5.82 Å². The number of allylic oxidation sites excluding steroid dienone is 3. The standard InChI is InChI=1S/C22H14FN3O2/c23-13-8-5-12(6-9-13)7-10-14-17-11-24-26-22(17)25-19-18(14)20(27)15-3-1-2-4-16(15)21(19)28/h1-11,14H,(H2,24,25,26)/b10-7+. The normalized spacial score (nSPS) is 18.0. The lowest BCUT2D eigenvalue weighted by molar-refractivity contribution is 0.0971. The third-order valence-electron chi connectivity index (χ3n) is 5.07. The molecule has 0 bridgehead atoms. The maximum absolute atomic E-state index is 13.2. The van der Waals surface area contributed by atoms with Gasteiger partial charge in [0.1, 0.15) is 11.6 Å². The number of nitrogens with one attached hydrogen (secondary N) is 2. The lowest BCUT2D eigenvalue weighted by Gasteiger charge is -2.29. The number of anilines is 1. The Morgan fingerprint density at radius 2 is 1.68 bits per heavy atom. The maximum Gasteiger partial charge on any atom is 0.210 e. The number of aromatic nitrogens is 2. The average molecular weight is 371 g/mol. The van der Waals surface area contributed by atoms with Crippen LogP contribution in [0.1, 0.15) is 37.8 Å². The highest BCUT2D eigenvalue weighted by Crippen LogP contribution is 2.42. The molecule has 0 fully saturated rings. The van der Waals surface area contributed by atoms with E-state index in [1.165, 1.54) is 12.1 Å². The van der Waals surface area contributed by atoms with E-state index in [1.54, 1.807) is 42.6 Å². The number of benzene rings is 2. The predicted molar refractivity (Wildman–Crippen MR) is 103 cm³/mol. The van der Waals surface area contributed by atoms with Gasteiger partial charge >= 0.3 is 0 Å². The van der Waals surface area contributed by atoms with E-state index in [2.05, 4.69) is 15.5 Å². The highest BCUT2D eigenvalue weighted by molar-refractivity contribution is 6.28. The largest absolute Gasteiger partial charge is 0.337 e. The number of H-pyrrole nitrogens is 1. The Morgan fingerprint density at radius 1 is 0.964 bits per heavy atom. The van der Waals surface area contributed by atoms with Gasteiger partial charge in [0, 0.05) is 28.2 Å². The number of rotatable bonds is 2. The number of hydrogen-bond acceptors (Lipinski definition) is 4. The summed E-state index contributed by atoms with van der Waals surface area (Å²) in [6.45, 7) is 0. The van der Waals surface area contributed by atoms with Crippen LogP contribution in [0.3, 0.4) is 0 Å². The van der Waals surface area contributed by atoms with E-state index in [0.29, 0.717) is 22.5 Å². The molecule has 1 aliphatic carbocycles. The molecule has 1 aromatic heterocycles. The number of carbonyl (C=O) groups is 2. The number of fused-ring (bicyclic) bond motifs is 2. The molecule has 2 aliphatic rings. The Labute approximate surface area is 159 Å². The van der Waals surface area contributed by atoms with E-state index < -0.39 is 5.92 Å². The van der Waals surface area contributed by atoms with E-state index in [-0.39, 0.29) is 23.1 Å². The topological polar surface area (TPSA) is 74.8 Å². The first kappa shape index (κ1) is 16.4.